The maximum Gasteiger partial charge on any atom is 0.262 e. The van der Waals surface area contributed by atoms with E-state index in [4.69, 9.17) is 4.74 Å². The van der Waals surface area contributed by atoms with Gasteiger partial charge in [-0.3, -0.25) is 4.79 Å². The maximum atomic E-state index is 12.1. The second-order valence-electron chi connectivity index (χ2n) is 7.06. The molecule has 0 atom stereocenters. The fourth-order valence-corrected chi connectivity index (χ4v) is 3.56. The molecule has 1 aliphatic rings. The van der Waals surface area contributed by atoms with Crippen molar-refractivity contribution >= 4 is 11.6 Å². The monoisotopic (exact) mass is 337 g/mol. The molecular formula is C22H27NO2. The van der Waals surface area contributed by atoms with E-state index in [1.807, 2.05) is 38.1 Å². The molecule has 0 radical (unpaired) electrons. The summed E-state index contributed by atoms with van der Waals surface area (Å²) in [5, 5.41) is 2.91. The van der Waals surface area contributed by atoms with Crippen LogP contribution in [-0.4, -0.2) is 12.5 Å². The van der Waals surface area contributed by atoms with Crippen molar-refractivity contribution in [1.82, 2.24) is 0 Å². The van der Waals surface area contributed by atoms with Crippen LogP contribution in [0, 0.1) is 13.8 Å². The van der Waals surface area contributed by atoms with Crippen LogP contribution < -0.4 is 10.1 Å². The van der Waals surface area contributed by atoms with Crippen LogP contribution in [0.1, 0.15) is 54.7 Å². The summed E-state index contributed by atoms with van der Waals surface area (Å²) in [6, 6.07) is 14.2. The Morgan fingerprint density at radius 2 is 1.76 bits per heavy atom. The second-order valence-corrected chi connectivity index (χ2v) is 7.06. The van der Waals surface area contributed by atoms with Crippen LogP contribution in [0.5, 0.6) is 5.75 Å². The lowest BCUT2D eigenvalue weighted by Gasteiger charge is -2.22. The van der Waals surface area contributed by atoms with E-state index >= 15 is 0 Å². The first-order valence-corrected chi connectivity index (χ1v) is 9.22. The van der Waals surface area contributed by atoms with E-state index in [0.29, 0.717) is 5.92 Å². The third-order valence-corrected chi connectivity index (χ3v) is 4.98. The van der Waals surface area contributed by atoms with Crippen molar-refractivity contribution < 1.29 is 9.53 Å². The molecule has 25 heavy (non-hydrogen) atoms. The Hall–Kier alpha value is -2.29. The number of amides is 1. The Kier molecular flexibility index (Phi) is 5.75. The summed E-state index contributed by atoms with van der Waals surface area (Å²) < 4.78 is 5.63. The molecule has 1 aliphatic carbocycles. The van der Waals surface area contributed by atoms with Crippen molar-refractivity contribution in [3.8, 4) is 5.75 Å². The van der Waals surface area contributed by atoms with E-state index in [-0.39, 0.29) is 12.5 Å². The first-order valence-electron chi connectivity index (χ1n) is 9.22. The molecule has 0 aromatic heterocycles. The molecule has 0 saturated heterocycles. The number of benzene rings is 2. The standard InChI is InChI=1S/C22H27NO2/c1-16-8-13-21(17(2)14-16)23-22(24)15-25-20-11-9-19(10-12-20)18-6-4-3-5-7-18/h8-14,18H,3-7,15H2,1-2H3,(H,23,24). The number of rotatable bonds is 5. The predicted molar refractivity (Wildman–Crippen MR) is 102 cm³/mol. The van der Waals surface area contributed by atoms with Gasteiger partial charge in [-0.1, -0.05) is 49.1 Å². The van der Waals surface area contributed by atoms with E-state index in [9.17, 15) is 4.79 Å². The van der Waals surface area contributed by atoms with Gasteiger partial charge in [0, 0.05) is 5.69 Å². The number of hydrogen-bond acceptors (Lipinski definition) is 2. The van der Waals surface area contributed by atoms with Crippen molar-refractivity contribution in [2.45, 2.75) is 51.9 Å². The highest BCUT2D eigenvalue weighted by Gasteiger charge is 2.15. The molecule has 3 nitrogen and oxygen atoms in total. The van der Waals surface area contributed by atoms with E-state index < -0.39 is 0 Å². The highest BCUT2D eigenvalue weighted by atomic mass is 16.5. The Morgan fingerprint density at radius 3 is 2.44 bits per heavy atom. The minimum atomic E-state index is -0.136. The molecule has 1 N–H and O–H groups in total. The van der Waals surface area contributed by atoms with Crippen molar-refractivity contribution in [1.29, 1.82) is 0 Å². The van der Waals surface area contributed by atoms with Gasteiger partial charge >= 0.3 is 0 Å². The SMILES string of the molecule is Cc1ccc(NC(=O)COc2ccc(C3CCCCC3)cc2)c(C)c1. The van der Waals surface area contributed by atoms with Crippen LogP contribution in [0.2, 0.25) is 0 Å². The Labute approximate surface area is 150 Å². The molecule has 2 aromatic rings. The summed E-state index contributed by atoms with van der Waals surface area (Å²) in [5.41, 5.74) is 4.48. The average molecular weight is 337 g/mol. The minimum Gasteiger partial charge on any atom is -0.484 e. The van der Waals surface area contributed by atoms with Gasteiger partial charge < -0.3 is 10.1 Å². The Bertz CT molecular complexity index is 715. The van der Waals surface area contributed by atoms with Crippen LogP contribution in [0.4, 0.5) is 5.69 Å². The summed E-state index contributed by atoms with van der Waals surface area (Å²) in [6.07, 6.45) is 6.62. The van der Waals surface area contributed by atoms with Gasteiger partial charge in [-0.25, -0.2) is 0 Å². The lowest BCUT2D eigenvalue weighted by Crippen LogP contribution is -2.20. The molecule has 132 valence electrons. The number of hydrogen-bond donors (Lipinski definition) is 1. The summed E-state index contributed by atoms with van der Waals surface area (Å²) in [6.45, 7) is 4.06. The molecule has 1 fully saturated rings. The number of carbonyl (C=O) groups is 1. The fourth-order valence-electron chi connectivity index (χ4n) is 3.56. The van der Waals surface area contributed by atoms with Gasteiger partial charge in [0.1, 0.15) is 5.75 Å². The summed E-state index contributed by atoms with van der Waals surface area (Å²) in [5.74, 6) is 1.30. The summed E-state index contributed by atoms with van der Waals surface area (Å²) in [7, 11) is 0. The topological polar surface area (TPSA) is 38.3 Å². The van der Waals surface area contributed by atoms with Crippen LogP contribution >= 0.6 is 0 Å². The molecule has 1 saturated carbocycles. The van der Waals surface area contributed by atoms with E-state index in [2.05, 4.69) is 23.5 Å². The molecular weight excluding hydrogens is 310 g/mol. The zero-order valence-electron chi connectivity index (χ0n) is 15.2. The lowest BCUT2D eigenvalue weighted by molar-refractivity contribution is -0.118. The largest absolute Gasteiger partial charge is 0.484 e. The fraction of sp³-hybridized carbons (Fsp3) is 0.409. The molecule has 3 rings (SSSR count). The Morgan fingerprint density at radius 1 is 1.04 bits per heavy atom. The second kappa shape index (κ2) is 8.19. The zero-order valence-corrected chi connectivity index (χ0v) is 15.2. The first kappa shape index (κ1) is 17.5. The normalized spacial score (nSPS) is 15.0. The average Bonchev–Trinajstić information content (AvgIpc) is 2.63. The minimum absolute atomic E-state index is 0.0239. The van der Waals surface area contributed by atoms with Crippen molar-refractivity contribution in [2.75, 3.05) is 11.9 Å². The molecule has 0 heterocycles. The van der Waals surface area contributed by atoms with Crippen molar-refractivity contribution in [3.63, 3.8) is 0 Å². The predicted octanol–water partition coefficient (Wildman–Crippen LogP) is 5.37. The van der Waals surface area contributed by atoms with Gasteiger partial charge in [-0.2, -0.15) is 0 Å². The molecule has 0 spiro atoms. The molecule has 0 aliphatic heterocycles. The number of anilines is 1. The third-order valence-electron chi connectivity index (χ3n) is 4.98. The van der Waals surface area contributed by atoms with Crippen LogP contribution in [0.3, 0.4) is 0 Å². The maximum absolute atomic E-state index is 12.1. The van der Waals surface area contributed by atoms with Gasteiger partial charge in [-0.15, -0.1) is 0 Å². The zero-order chi connectivity index (χ0) is 17.6. The van der Waals surface area contributed by atoms with Gasteiger partial charge in [0.2, 0.25) is 0 Å². The number of carbonyl (C=O) groups excluding carboxylic acids is 1. The van der Waals surface area contributed by atoms with Crippen LogP contribution in [0.15, 0.2) is 42.5 Å². The molecule has 0 bridgehead atoms. The molecule has 3 heteroatoms. The van der Waals surface area contributed by atoms with E-state index in [1.165, 1.54) is 43.2 Å². The van der Waals surface area contributed by atoms with Crippen molar-refractivity contribution in [2.24, 2.45) is 0 Å². The molecule has 1 amide bonds. The number of nitrogens with one attached hydrogen (secondary N) is 1. The van der Waals surface area contributed by atoms with Gasteiger partial charge in [0.05, 0.1) is 0 Å². The first-order chi connectivity index (χ1) is 12.1. The van der Waals surface area contributed by atoms with Gasteiger partial charge in [0.15, 0.2) is 6.61 Å². The highest BCUT2D eigenvalue weighted by molar-refractivity contribution is 5.92. The summed E-state index contributed by atoms with van der Waals surface area (Å²) >= 11 is 0. The third kappa shape index (κ3) is 4.85. The molecule has 2 aromatic carbocycles. The van der Waals surface area contributed by atoms with Gasteiger partial charge in [-0.05, 0) is 61.9 Å². The summed E-state index contributed by atoms with van der Waals surface area (Å²) in [4.78, 5) is 12.1. The smallest absolute Gasteiger partial charge is 0.262 e. The van der Waals surface area contributed by atoms with Crippen LogP contribution in [0.25, 0.3) is 0 Å². The lowest BCUT2D eigenvalue weighted by atomic mass is 9.84. The van der Waals surface area contributed by atoms with Crippen molar-refractivity contribution in [3.05, 3.63) is 59.2 Å². The quantitative estimate of drug-likeness (QED) is 0.796. The molecule has 0 unspecified atom stereocenters. The Balaban J connectivity index is 1.51. The van der Waals surface area contributed by atoms with E-state index in [0.717, 1.165) is 17.0 Å². The van der Waals surface area contributed by atoms with E-state index in [1.54, 1.807) is 0 Å². The number of ether oxygens (including phenoxy) is 1. The van der Waals surface area contributed by atoms with Gasteiger partial charge in [0.25, 0.3) is 5.91 Å². The number of aryl methyl sites for hydroxylation is 2. The van der Waals surface area contributed by atoms with Crippen LogP contribution in [-0.2, 0) is 4.79 Å². The highest BCUT2D eigenvalue weighted by Crippen LogP contribution is 2.33.